The lowest BCUT2D eigenvalue weighted by molar-refractivity contribution is -0.603. The first-order chi connectivity index (χ1) is 13.6. The summed E-state index contributed by atoms with van der Waals surface area (Å²) in [6.45, 7) is 0. The molecular weight excluding hydrogens is 354 g/mol. The molecule has 6 nitrogen and oxygen atoms in total. The summed E-state index contributed by atoms with van der Waals surface area (Å²) in [7, 11) is 0. The van der Waals surface area contributed by atoms with Crippen molar-refractivity contribution in [3.8, 4) is 5.75 Å². The van der Waals surface area contributed by atoms with Crippen LogP contribution < -0.4 is 20.1 Å². The maximum absolute atomic E-state index is 12.8. The zero-order chi connectivity index (χ0) is 19.1. The monoisotopic (exact) mass is 375 g/mol. The van der Waals surface area contributed by atoms with Crippen LogP contribution in [0.5, 0.6) is 5.75 Å². The van der Waals surface area contributed by atoms with Gasteiger partial charge in [0.05, 0.1) is 11.7 Å². The van der Waals surface area contributed by atoms with Gasteiger partial charge >= 0.3 is 6.03 Å². The van der Waals surface area contributed by atoms with Gasteiger partial charge in [-0.2, -0.15) is 4.73 Å². The molecule has 2 heterocycles. The van der Waals surface area contributed by atoms with E-state index in [0.29, 0.717) is 5.69 Å². The van der Waals surface area contributed by atoms with Gasteiger partial charge in [-0.15, -0.1) is 0 Å². The van der Waals surface area contributed by atoms with Gasteiger partial charge in [0.25, 0.3) is 0 Å². The van der Waals surface area contributed by atoms with Crippen LogP contribution in [0.25, 0.3) is 10.8 Å². The minimum atomic E-state index is -0.262. The van der Waals surface area contributed by atoms with Gasteiger partial charge in [-0.3, -0.25) is 0 Å². The molecule has 2 N–H and O–H groups in total. The lowest BCUT2D eigenvalue weighted by atomic mass is 9.73. The van der Waals surface area contributed by atoms with Gasteiger partial charge in [0.15, 0.2) is 12.4 Å². The zero-order valence-electron chi connectivity index (χ0n) is 15.4. The van der Waals surface area contributed by atoms with Crippen LogP contribution >= 0.6 is 0 Å². The second kappa shape index (κ2) is 6.41. The molecule has 1 aliphatic heterocycles. The average molecular weight is 375 g/mol. The molecular formula is C22H21N3O3. The first-order valence-corrected chi connectivity index (χ1v) is 9.59. The van der Waals surface area contributed by atoms with E-state index >= 15 is 0 Å². The van der Waals surface area contributed by atoms with Crippen LogP contribution in [-0.4, -0.2) is 11.6 Å². The van der Waals surface area contributed by atoms with E-state index in [9.17, 15) is 10.0 Å². The van der Waals surface area contributed by atoms with Crippen molar-refractivity contribution in [3.63, 3.8) is 0 Å². The number of amides is 2. The molecule has 2 aliphatic rings. The number of pyridine rings is 1. The highest BCUT2D eigenvalue weighted by atomic mass is 16.5. The van der Waals surface area contributed by atoms with Gasteiger partial charge in [-0.05, 0) is 37.5 Å². The molecule has 0 radical (unpaired) electrons. The highest BCUT2D eigenvalue weighted by Crippen LogP contribution is 2.48. The molecule has 2 aromatic carbocycles. The first-order valence-electron chi connectivity index (χ1n) is 9.59. The van der Waals surface area contributed by atoms with Gasteiger partial charge < -0.3 is 20.6 Å². The minimum Gasteiger partial charge on any atom is -0.619 e. The Balaban J connectivity index is 1.39. The van der Waals surface area contributed by atoms with Crippen molar-refractivity contribution in [2.75, 3.05) is 5.32 Å². The summed E-state index contributed by atoms with van der Waals surface area (Å²) in [6.07, 6.45) is 6.92. The molecule has 0 saturated heterocycles. The fourth-order valence-corrected chi connectivity index (χ4v) is 4.26. The number of benzene rings is 2. The number of hydrogen-bond acceptors (Lipinski definition) is 3. The Bertz CT molecular complexity index is 1060. The van der Waals surface area contributed by atoms with E-state index in [1.807, 2.05) is 42.5 Å². The summed E-state index contributed by atoms with van der Waals surface area (Å²) in [5, 5.41) is 19.2. The predicted molar refractivity (Wildman–Crippen MR) is 106 cm³/mol. The molecule has 1 saturated carbocycles. The number of carbonyl (C=O) groups is 1. The summed E-state index contributed by atoms with van der Waals surface area (Å²) in [4.78, 5) is 12.8. The number of fused-ring (bicyclic) bond motifs is 2. The number of anilines is 1. The Hall–Kier alpha value is -3.28. The van der Waals surface area contributed by atoms with Gasteiger partial charge in [0.1, 0.15) is 11.4 Å². The number of carbonyl (C=O) groups excluding carboxylic acids is 1. The molecule has 6 heteroatoms. The van der Waals surface area contributed by atoms with Crippen LogP contribution in [0, 0.1) is 5.21 Å². The molecule has 142 valence electrons. The summed E-state index contributed by atoms with van der Waals surface area (Å²) in [5.74, 6) is 0.865. The maximum Gasteiger partial charge on any atom is 0.319 e. The van der Waals surface area contributed by atoms with E-state index in [1.165, 1.54) is 12.4 Å². The van der Waals surface area contributed by atoms with Crippen molar-refractivity contribution in [2.45, 2.75) is 37.3 Å². The fraction of sp³-hybridized carbons (Fsp3) is 0.273. The number of hydrogen-bond donors (Lipinski definition) is 2. The summed E-state index contributed by atoms with van der Waals surface area (Å²) in [6, 6.07) is 14.8. The molecule has 1 unspecified atom stereocenters. The van der Waals surface area contributed by atoms with E-state index < -0.39 is 0 Å². The van der Waals surface area contributed by atoms with Crippen molar-refractivity contribution in [2.24, 2.45) is 0 Å². The highest BCUT2D eigenvalue weighted by molar-refractivity contribution is 6.01. The predicted octanol–water partition coefficient (Wildman–Crippen LogP) is 4.04. The highest BCUT2D eigenvalue weighted by Gasteiger charge is 2.45. The maximum atomic E-state index is 12.8. The van der Waals surface area contributed by atoms with E-state index in [0.717, 1.165) is 52.5 Å². The second-order valence-electron chi connectivity index (χ2n) is 7.64. The Morgan fingerprint density at radius 2 is 2.00 bits per heavy atom. The van der Waals surface area contributed by atoms with Gasteiger partial charge in [-0.25, -0.2) is 4.79 Å². The molecule has 1 aromatic heterocycles. The number of urea groups is 1. The number of para-hydroxylation sites is 1. The fourth-order valence-electron chi connectivity index (χ4n) is 4.26. The standard InChI is InChI=1S/C22H21N3O3/c26-21(23-18-7-3-5-15-14-25(27)12-9-16(15)18)24-19-13-22(10-4-11-22)28-20-8-2-1-6-17(19)20/h1-3,5-9,12,14,19H,4,10-11,13H2,(H2,23,24,26). The van der Waals surface area contributed by atoms with Crippen LogP contribution in [-0.2, 0) is 0 Å². The third-order valence-electron chi connectivity index (χ3n) is 5.81. The number of rotatable bonds is 2. The van der Waals surface area contributed by atoms with Crippen LogP contribution in [0.3, 0.4) is 0 Å². The Morgan fingerprint density at radius 1 is 1.14 bits per heavy atom. The topological polar surface area (TPSA) is 77.3 Å². The SMILES string of the molecule is O=C(Nc1cccc2c[n+]([O-])ccc12)NC1CC2(CCC2)Oc2ccccc21. The van der Waals surface area contributed by atoms with Gasteiger partial charge in [0, 0.05) is 28.8 Å². The van der Waals surface area contributed by atoms with E-state index in [2.05, 4.69) is 10.6 Å². The van der Waals surface area contributed by atoms with Crippen molar-refractivity contribution in [1.29, 1.82) is 0 Å². The summed E-state index contributed by atoms with van der Waals surface area (Å²) < 4.78 is 7.00. The van der Waals surface area contributed by atoms with Crippen molar-refractivity contribution < 1.29 is 14.3 Å². The Kier molecular flexibility index (Phi) is 3.86. The molecule has 1 aliphatic carbocycles. The largest absolute Gasteiger partial charge is 0.619 e. The molecule has 0 bridgehead atoms. The van der Waals surface area contributed by atoms with Crippen LogP contribution in [0.4, 0.5) is 10.5 Å². The second-order valence-corrected chi connectivity index (χ2v) is 7.64. The molecule has 5 rings (SSSR count). The quantitative estimate of drug-likeness (QED) is 0.524. The molecule has 1 spiro atoms. The minimum absolute atomic E-state index is 0.0935. The van der Waals surface area contributed by atoms with Crippen LogP contribution in [0.1, 0.15) is 37.3 Å². The van der Waals surface area contributed by atoms with E-state index in [4.69, 9.17) is 4.74 Å². The zero-order valence-corrected chi connectivity index (χ0v) is 15.4. The number of ether oxygens (including phenoxy) is 1. The third-order valence-corrected chi connectivity index (χ3v) is 5.81. The number of nitrogens with one attached hydrogen (secondary N) is 2. The summed E-state index contributed by atoms with van der Waals surface area (Å²) in [5.41, 5.74) is 1.54. The van der Waals surface area contributed by atoms with Crippen molar-refractivity contribution >= 4 is 22.5 Å². The normalized spacial score (nSPS) is 19.4. The lowest BCUT2D eigenvalue weighted by Crippen LogP contribution is -2.50. The van der Waals surface area contributed by atoms with Crippen LogP contribution in [0.15, 0.2) is 60.9 Å². The van der Waals surface area contributed by atoms with E-state index in [1.54, 1.807) is 6.07 Å². The average Bonchev–Trinajstić information content (AvgIpc) is 2.66. The number of nitrogens with zero attached hydrogens (tertiary/aromatic N) is 1. The first kappa shape index (κ1) is 16.9. The van der Waals surface area contributed by atoms with Gasteiger partial charge in [-0.1, -0.05) is 24.3 Å². The molecule has 1 fully saturated rings. The Morgan fingerprint density at radius 3 is 2.82 bits per heavy atom. The molecule has 3 aromatic rings. The molecule has 2 amide bonds. The summed E-state index contributed by atoms with van der Waals surface area (Å²) >= 11 is 0. The van der Waals surface area contributed by atoms with Crippen LogP contribution in [0.2, 0.25) is 0 Å². The van der Waals surface area contributed by atoms with Crippen molar-refractivity contribution in [3.05, 3.63) is 71.7 Å². The smallest absolute Gasteiger partial charge is 0.319 e. The Labute approximate surface area is 162 Å². The molecule has 28 heavy (non-hydrogen) atoms. The van der Waals surface area contributed by atoms with E-state index in [-0.39, 0.29) is 17.7 Å². The lowest BCUT2D eigenvalue weighted by Gasteiger charge is -2.48. The van der Waals surface area contributed by atoms with Gasteiger partial charge in [0.2, 0.25) is 0 Å². The third kappa shape index (κ3) is 2.91. The number of aromatic nitrogens is 1. The molecule has 1 atom stereocenters. The van der Waals surface area contributed by atoms with Crippen molar-refractivity contribution in [1.82, 2.24) is 5.32 Å².